The summed E-state index contributed by atoms with van der Waals surface area (Å²) in [7, 11) is -2.26. The van der Waals surface area contributed by atoms with Crippen LogP contribution in [0.4, 0.5) is 18.9 Å². The van der Waals surface area contributed by atoms with Crippen LogP contribution >= 0.6 is 0 Å². The van der Waals surface area contributed by atoms with E-state index in [2.05, 4.69) is 15.0 Å². The van der Waals surface area contributed by atoms with Gasteiger partial charge in [0.05, 0.1) is 22.9 Å². The zero-order valence-electron chi connectivity index (χ0n) is 21.9. The first-order valence-corrected chi connectivity index (χ1v) is 13.0. The minimum Gasteiger partial charge on any atom is -0.505 e. The van der Waals surface area contributed by atoms with Gasteiger partial charge in [-0.15, -0.1) is 4.40 Å². The number of amidine groups is 1. The Balaban J connectivity index is 2.17. The number of furan rings is 1. The zero-order valence-corrected chi connectivity index (χ0v) is 22.7. The fourth-order valence-electron chi connectivity index (χ4n) is 3.88. The molecule has 0 saturated carbocycles. The van der Waals surface area contributed by atoms with Gasteiger partial charge in [-0.3, -0.25) is 9.59 Å². The molecule has 1 aromatic heterocycles. The highest BCUT2D eigenvalue weighted by Crippen LogP contribution is 2.41. The second kappa shape index (κ2) is 10.3. The highest BCUT2D eigenvalue weighted by Gasteiger charge is 2.41. The Labute approximate surface area is 222 Å². The molecule has 0 bridgehead atoms. The Morgan fingerprint density at radius 2 is 1.79 bits per heavy atom. The molecule has 2 amide bonds. The van der Waals surface area contributed by atoms with E-state index in [0.717, 1.165) is 16.5 Å². The number of rotatable bonds is 7. The lowest BCUT2D eigenvalue weighted by atomic mass is 10.0. The van der Waals surface area contributed by atoms with Crippen molar-refractivity contribution in [1.82, 2.24) is 10.2 Å². The Kier molecular flexibility index (Phi) is 7.79. The lowest BCUT2D eigenvalue weighted by Gasteiger charge is -2.23. The summed E-state index contributed by atoms with van der Waals surface area (Å²) < 4.78 is 75.9. The summed E-state index contributed by atoms with van der Waals surface area (Å²) in [6.45, 7) is 7.17. The number of alkyl halides is 3. The molecule has 2 heterocycles. The molecular formula is C24H28F3N5O6S. The van der Waals surface area contributed by atoms with Crippen molar-refractivity contribution in [2.75, 3.05) is 19.4 Å². The number of hydrogen-bond acceptors (Lipinski definition) is 8. The third kappa shape index (κ3) is 5.72. The molecule has 0 radical (unpaired) electrons. The molecule has 3 rings (SSSR count). The van der Waals surface area contributed by atoms with Crippen molar-refractivity contribution in [1.29, 1.82) is 0 Å². The first-order chi connectivity index (χ1) is 17.9. The molecule has 0 spiro atoms. The van der Waals surface area contributed by atoms with Gasteiger partial charge in [0.25, 0.3) is 21.8 Å². The number of halogens is 3. The van der Waals surface area contributed by atoms with Crippen molar-refractivity contribution in [3.63, 3.8) is 0 Å². The van der Waals surface area contributed by atoms with Gasteiger partial charge in [-0.2, -0.15) is 21.6 Å². The van der Waals surface area contributed by atoms with Crippen molar-refractivity contribution in [3.8, 4) is 5.75 Å². The van der Waals surface area contributed by atoms with Gasteiger partial charge in [0.1, 0.15) is 17.2 Å². The Morgan fingerprint density at radius 1 is 1.18 bits per heavy atom. The molecular weight excluding hydrogens is 543 g/mol. The van der Waals surface area contributed by atoms with Gasteiger partial charge in [0.2, 0.25) is 0 Å². The monoisotopic (exact) mass is 571 g/mol. The second-order valence-corrected chi connectivity index (χ2v) is 11.0. The number of nitrogens with zero attached hydrogens (tertiary/aromatic N) is 2. The molecule has 5 N–H and O–H groups in total. The average molecular weight is 572 g/mol. The molecule has 11 nitrogen and oxygen atoms in total. The summed E-state index contributed by atoms with van der Waals surface area (Å²) in [6, 6.07) is 2.41. The average Bonchev–Trinajstić information content (AvgIpc) is 3.25. The summed E-state index contributed by atoms with van der Waals surface area (Å²) in [6.07, 6.45) is -5.00. The van der Waals surface area contributed by atoms with Crippen LogP contribution in [0, 0.1) is 19.8 Å². The minimum absolute atomic E-state index is 0.206. The molecule has 1 aromatic carbocycles. The van der Waals surface area contributed by atoms with Crippen LogP contribution in [0.15, 0.2) is 37.6 Å². The Bertz CT molecular complexity index is 1490. The van der Waals surface area contributed by atoms with Crippen LogP contribution in [0.1, 0.15) is 52.9 Å². The van der Waals surface area contributed by atoms with Gasteiger partial charge >= 0.3 is 6.18 Å². The quantitative estimate of drug-likeness (QED) is 0.368. The van der Waals surface area contributed by atoms with E-state index in [1.807, 2.05) is 20.8 Å². The number of primary amides is 1. The van der Waals surface area contributed by atoms with Crippen LogP contribution in [0.25, 0.3) is 0 Å². The maximum Gasteiger partial charge on any atom is 0.417 e. The fourth-order valence-corrected chi connectivity index (χ4v) is 5.02. The lowest BCUT2D eigenvalue weighted by Crippen LogP contribution is -2.34. The molecule has 0 saturated heterocycles. The number of nitrogens with one attached hydrogen (secondary N) is 2. The van der Waals surface area contributed by atoms with Gasteiger partial charge in [-0.05, 0) is 43.5 Å². The summed E-state index contributed by atoms with van der Waals surface area (Å²) >= 11 is 0. The molecule has 1 aliphatic rings. The first-order valence-electron chi connectivity index (χ1n) is 11.5. The number of carbonyl (C=O) groups is 2. The molecule has 0 unspecified atom stereocenters. The van der Waals surface area contributed by atoms with E-state index < -0.39 is 73.1 Å². The number of amides is 2. The van der Waals surface area contributed by atoms with Gasteiger partial charge in [0, 0.05) is 14.1 Å². The minimum atomic E-state index is -5.00. The van der Waals surface area contributed by atoms with Crippen molar-refractivity contribution in [2.24, 2.45) is 16.0 Å². The van der Waals surface area contributed by atoms with Crippen molar-refractivity contribution in [3.05, 3.63) is 57.0 Å². The van der Waals surface area contributed by atoms with E-state index in [-0.39, 0.29) is 5.92 Å². The number of benzene rings is 1. The smallest absolute Gasteiger partial charge is 0.417 e. The summed E-state index contributed by atoms with van der Waals surface area (Å²) in [4.78, 5) is 24.6. The molecule has 2 aromatic rings. The standard InChI is InChI=1S/C24H28F3N5O6S/c1-10(2)17(15-9-11(3)12(4)38-15)30-22-18(20(21(28)34)39(36,37)31-22)29-14-8-7-13(24(25,26)27)16(19(14)33)23(35)32(5)6/h7-10,17,29,33H,1-6H3,(H2,28,34)(H,30,31)/t17-/m1/s1. The molecule has 15 heteroatoms. The fraction of sp³-hybridized carbons (Fsp3) is 0.375. The van der Waals surface area contributed by atoms with Gasteiger partial charge < -0.3 is 30.8 Å². The van der Waals surface area contributed by atoms with E-state index in [0.29, 0.717) is 17.6 Å². The third-order valence-corrected chi connectivity index (χ3v) is 7.31. The number of carbonyl (C=O) groups excluding carboxylic acids is 2. The van der Waals surface area contributed by atoms with Crippen LogP contribution in [0.5, 0.6) is 5.75 Å². The highest BCUT2D eigenvalue weighted by molar-refractivity contribution is 7.95. The van der Waals surface area contributed by atoms with Crippen molar-refractivity contribution < 1.29 is 40.7 Å². The maximum absolute atomic E-state index is 13.6. The van der Waals surface area contributed by atoms with Crippen LogP contribution in [-0.2, 0) is 21.0 Å². The maximum atomic E-state index is 13.6. The number of nitrogens with two attached hydrogens (primary N) is 1. The topological polar surface area (TPSA) is 167 Å². The number of anilines is 1. The largest absolute Gasteiger partial charge is 0.505 e. The summed E-state index contributed by atoms with van der Waals surface area (Å²) in [5.41, 5.74) is 2.65. The number of sulfonamides is 1. The normalized spacial score (nSPS) is 15.8. The van der Waals surface area contributed by atoms with Crippen LogP contribution in [0.3, 0.4) is 0 Å². The van der Waals surface area contributed by atoms with E-state index in [9.17, 15) is 36.3 Å². The zero-order chi connectivity index (χ0) is 29.6. The van der Waals surface area contributed by atoms with E-state index in [1.54, 1.807) is 13.0 Å². The molecule has 1 aliphatic heterocycles. The third-order valence-electron chi connectivity index (χ3n) is 5.97. The lowest BCUT2D eigenvalue weighted by molar-refractivity contribution is -0.138. The molecule has 39 heavy (non-hydrogen) atoms. The van der Waals surface area contributed by atoms with E-state index >= 15 is 0 Å². The SMILES string of the molecule is Cc1cc([C@H](NC2=NS(=O)(=O)C(C(N)=O)=C2Nc2ccc(C(F)(F)F)c(C(=O)N(C)C)c2O)C(C)C)oc1C. The van der Waals surface area contributed by atoms with Crippen LogP contribution in [0.2, 0.25) is 0 Å². The molecule has 0 aliphatic carbocycles. The Hall–Kier alpha value is -4.01. The number of phenols is 1. The van der Waals surface area contributed by atoms with Crippen LogP contribution in [-0.4, -0.2) is 50.2 Å². The van der Waals surface area contributed by atoms with Gasteiger partial charge in [-0.25, -0.2) is 0 Å². The second-order valence-electron chi connectivity index (χ2n) is 9.44. The number of aryl methyl sites for hydroxylation is 2. The summed E-state index contributed by atoms with van der Waals surface area (Å²) in [5, 5.41) is 16.1. The van der Waals surface area contributed by atoms with E-state index in [1.165, 1.54) is 14.1 Å². The summed E-state index contributed by atoms with van der Waals surface area (Å²) in [5.74, 6) is -3.23. The number of aromatic hydroxyl groups is 1. The van der Waals surface area contributed by atoms with Crippen molar-refractivity contribution in [2.45, 2.75) is 39.9 Å². The molecule has 0 fully saturated rings. The van der Waals surface area contributed by atoms with Gasteiger partial charge in [0.15, 0.2) is 16.5 Å². The van der Waals surface area contributed by atoms with E-state index in [4.69, 9.17) is 10.2 Å². The van der Waals surface area contributed by atoms with Gasteiger partial charge in [-0.1, -0.05) is 13.8 Å². The molecule has 1 atom stereocenters. The van der Waals surface area contributed by atoms with Crippen molar-refractivity contribution >= 4 is 33.4 Å². The number of hydrogen-bond donors (Lipinski definition) is 4. The molecule has 212 valence electrons. The predicted molar refractivity (Wildman–Crippen MR) is 136 cm³/mol. The van der Waals surface area contributed by atoms with Crippen LogP contribution < -0.4 is 16.4 Å². The Morgan fingerprint density at radius 3 is 2.26 bits per heavy atom. The predicted octanol–water partition coefficient (Wildman–Crippen LogP) is 3.16. The highest BCUT2D eigenvalue weighted by atomic mass is 32.2. The first kappa shape index (κ1) is 29.5. The number of phenolic OH excluding ortho intramolecular Hbond substituents is 1.